The van der Waals surface area contributed by atoms with Gasteiger partial charge in [-0.25, -0.2) is 4.98 Å². The van der Waals surface area contributed by atoms with Gasteiger partial charge in [-0.1, -0.05) is 18.2 Å². The molecule has 2 heterocycles. The second-order valence-electron chi connectivity index (χ2n) is 3.82. The zero-order valence-corrected chi connectivity index (χ0v) is 9.50. The third kappa shape index (κ3) is 1.76. The first-order chi connectivity index (χ1) is 8.36. The van der Waals surface area contributed by atoms with E-state index >= 15 is 0 Å². The molecule has 1 aromatic carbocycles. The molecule has 3 heteroatoms. The molecule has 2 aromatic heterocycles. The Labute approximate surface area is 99.3 Å². The predicted molar refractivity (Wildman–Crippen MR) is 67.2 cm³/mol. The lowest BCUT2D eigenvalue weighted by Gasteiger charge is -2.00. The number of aromatic nitrogens is 2. The Morgan fingerprint density at radius 2 is 2.06 bits per heavy atom. The van der Waals surface area contributed by atoms with Gasteiger partial charge in [0.1, 0.15) is 11.4 Å². The Morgan fingerprint density at radius 1 is 1.12 bits per heavy atom. The predicted octanol–water partition coefficient (Wildman–Crippen LogP) is 3.01. The van der Waals surface area contributed by atoms with Crippen molar-refractivity contribution < 1.29 is 4.74 Å². The zero-order valence-electron chi connectivity index (χ0n) is 9.50. The summed E-state index contributed by atoms with van der Waals surface area (Å²) in [5, 5.41) is 0. The largest absolute Gasteiger partial charge is 0.497 e. The number of hydrogen-bond acceptors (Lipinski definition) is 2. The van der Waals surface area contributed by atoms with Crippen LogP contribution >= 0.6 is 0 Å². The average Bonchev–Trinajstić information content (AvgIpc) is 2.82. The van der Waals surface area contributed by atoms with Gasteiger partial charge in [-0.15, -0.1) is 0 Å². The summed E-state index contributed by atoms with van der Waals surface area (Å²) in [7, 11) is 1.67. The number of benzene rings is 1. The van der Waals surface area contributed by atoms with E-state index in [1.807, 2.05) is 59.3 Å². The summed E-state index contributed by atoms with van der Waals surface area (Å²) in [4.78, 5) is 4.57. The Hall–Kier alpha value is -2.29. The molecule has 0 N–H and O–H groups in total. The zero-order chi connectivity index (χ0) is 11.7. The standard InChI is InChI=1S/C14H12N2O/c1-17-12-6-4-5-11(9-12)13-10-16-8-3-2-7-14(16)15-13/h2-10H,1H3. The van der Waals surface area contributed by atoms with Crippen molar-refractivity contribution in [2.45, 2.75) is 0 Å². The van der Waals surface area contributed by atoms with Crippen molar-refractivity contribution in [2.75, 3.05) is 7.11 Å². The van der Waals surface area contributed by atoms with E-state index in [0.717, 1.165) is 22.7 Å². The molecule has 0 fully saturated rings. The highest BCUT2D eigenvalue weighted by Gasteiger charge is 2.04. The highest BCUT2D eigenvalue weighted by molar-refractivity contribution is 5.64. The minimum atomic E-state index is 0.847. The van der Waals surface area contributed by atoms with Crippen LogP contribution in [0.3, 0.4) is 0 Å². The molecular formula is C14H12N2O. The molecule has 84 valence electrons. The van der Waals surface area contributed by atoms with E-state index in [9.17, 15) is 0 Å². The number of methoxy groups -OCH3 is 1. The van der Waals surface area contributed by atoms with Gasteiger partial charge in [0.2, 0.25) is 0 Å². The Bertz CT molecular complexity index is 625. The molecule has 0 aliphatic heterocycles. The molecule has 0 radical (unpaired) electrons. The van der Waals surface area contributed by atoms with Gasteiger partial charge in [0, 0.05) is 18.0 Å². The van der Waals surface area contributed by atoms with Crippen molar-refractivity contribution in [2.24, 2.45) is 0 Å². The molecule has 0 bridgehead atoms. The van der Waals surface area contributed by atoms with Gasteiger partial charge in [-0.05, 0) is 24.3 Å². The minimum Gasteiger partial charge on any atom is -0.497 e. The van der Waals surface area contributed by atoms with Crippen molar-refractivity contribution in [3.05, 3.63) is 54.9 Å². The maximum Gasteiger partial charge on any atom is 0.137 e. The van der Waals surface area contributed by atoms with Crippen molar-refractivity contribution in [3.8, 4) is 17.0 Å². The fraction of sp³-hybridized carbons (Fsp3) is 0.0714. The van der Waals surface area contributed by atoms with Gasteiger partial charge in [-0.2, -0.15) is 0 Å². The maximum absolute atomic E-state index is 5.22. The van der Waals surface area contributed by atoms with Gasteiger partial charge in [0.25, 0.3) is 0 Å². The van der Waals surface area contributed by atoms with E-state index in [4.69, 9.17) is 4.74 Å². The lowest BCUT2D eigenvalue weighted by molar-refractivity contribution is 0.415. The first kappa shape index (κ1) is 9.90. The van der Waals surface area contributed by atoms with Crippen LogP contribution < -0.4 is 4.74 Å². The van der Waals surface area contributed by atoms with Crippen LogP contribution in [0.25, 0.3) is 16.9 Å². The molecule has 0 aliphatic carbocycles. The number of fused-ring (bicyclic) bond motifs is 1. The van der Waals surface area contributed by atoms with Gasteiger partial charge in [-0.3, -0.25) is 0 Å². The van der Waals surface area contributed by atoms with Crippen molar-refractivity contribution in [3.63, 3.8) is 0 Å². The summed E-state index contributed by atoms with van der Waals surface area (Å²) in [6.45, 7) is 0. The molecule has 0 saturated heterocycles. The SMILES string of the molecule is COc1cccc(-c2cn3ccccc3n2)c1. The summed E-state index contributed by atoms with van der Waals surface area (Å²) in [5.41, 5.74) is 2.97. The molecule has 3 rings (SSSR count). The topological polar surface area (TPSA) is 26.5 Å². The van der Waals surface area contributed by atoms with Crippen LogP contribution in [-0.4, -0.2) is 16.5 Å². The molecule has 0 unspecified atom stereocenters. The van der Waals surface area contributed by atoms with Crippen LogP contribution in [-0.2, 0) is 0 Å². The van der Waals surface area contributed by atoms with E-state index in [0.29, 0.717) is 0 Å². The van der Waals surface area contributed by atoms with E-state index in [2.05, 4.69) is 4.98 Å². The molecule has 3 nitrogen and oxygen atoms in total. The van der Waals surface area contributed by atoms with E-state index < -0.39 is 0 Å². The van der Waals surface area contributed by atoms with E-state index in [-0.39, 0.29) is 0 Å². The highest BCUT2D eigenvalue weighted by atomic mass is 16.5. The van der Waals surface area contributed by atoms with Gasteiger partial charge in [0.05, 0.1) is 12.8 Å². The molecule has 0 amide bonds. The van der Waals surface area contributed by atoms with Crippen LogP contribution in [0.2, 0.25) is 0 Å². The normalized spacial score (nSPS) is 10.6. The van der Waals surface area contributed by atoms with Gasteiger partial charge < -0.3 is 9.14 Å². The second kappa shape index (κ2) is 3.94. The van der Waals surface area contributed by atoms with E-state index in [1.165, 1.54) is 0 Å². The van der Waals surface area contributed by atoms with Gasteiger partial charge in [0.15, 0.2) is 0 Å². The minimum absolute atomic E-state index is 0.847. The average molecular weight is 224 g/mol. The first-order valence-electron chi connectivity index (χ1n) is 5.45. The number of hydrogen-bond donors (Lipinski definition) is 0. The Balaban J connectivity index is 2.13. The fourth-order valence-corrected chi connectivity index (χ4v) is 1.86. The van der Waals surface area contributed by atoms with Crippen molar-refractivity contribution >= 4 is 5.65 Å². The number of imidazole rings is 1. The van der Waals surface area contributed by atoms with Crippen LogP contribution in [0.1, 0.15) is 0 Å². The lowest BCUT2D eigenvalue weighted by atomic mass is 10.1. The van der Waals surface area contributed by atoms with Crippen molar-refractivity contribution in [1.29, 1.82) is 0 Å². The molecule has 0 saturated carbocycles. The lowest BCUT2D eigenvalue weighted by Crippen LogP contribution is -1.83. The Kier molecular flexibility index (Phi) is 2.29. The maximum atomic E-state index is 5.22. The summed E-state index contributed by atoms with van der Waals surface area (Å²) in [6, 6.07) is 13.9. The fourth-order valence-electron chi connectivity index (χ4n) is 1.86. The smallest absolute Gasteiger partial charge is 0.137 e. The van der Waals surface area contributed by atoms with Crippen LogP contribution in [0.4, 0.5) is 0 Å². The van der Waals surface area contributed by atoms with Crippen molar-refractivity contribution in [1.82, 2.24) is 9.38 Å². The third-order valence-corrected chi connectivity index (χ3v) is 2.73. The van der Waals surface area contributed by atoms with Gasteiger partial charge >= 0.3 is 0 Å². The summed E-state index contributed by atoms with van der Waals surface area (Å²) < 4.78 is 7.22. The molecular weight excluding hydrogens is 212 g/mol. The van der Waals surface area contributed by atoms with E-state index in [1.54, 1.807) is 7.11 Å². The summed E-state index contributed by atoms with van der Waals surface area (Å²) in [5.74, 6) is 0.847. The van der Waals surface area contributed by atoms with Crippen LogP contribution in [0.5, 0.6) is 5.75 Å². The van der Waals surface area contributed by atoms with Crippen LogP contribution in [0.15, 0.2) is 54.9 Å². The summed E-state index contributed by atoms with van der Waals surface area (Å²) in [6.07, 6.45) is 4.01. The quantitative estimate of drug-likeness (QED) is 0.669. The summed E-state index contributed by atoms with van der Waals surface area (Å²) >= 11 is 0. The number of nitrogens with zero attached hydrogens (tertiary/aromatic N) is 2. The molecule has 3 aromatic rings. The first-order valence-corrected chi connectivity index (χ1v) is 5.45. The highest BCUT2D eigenvalue weighted by Crippen LogP contribution is 2.23. The van der Waals surface area contributed by atoms with Crippen LogP contribution in [0, 0.1) is 0 Å². The number of pyridine rings is 1. The third-order valence-electron chi connectivity index (χ3n) is 2.73. The Morgan fingerprint density at radius 3 is 2.88 bits per heavy atom. The number of rotatable bonds is 2. The molecule has 0 aliphatic rings. The molecule has 0 atom stereocenters. The second-order valence-corrected chi connectivity index (χ2v) is 3.82. The monoisotopic (exact) mass is 224 g/mol. The number of ether oxygens (including phenoxy) is 1. The molecule has 0 spiro atoms. The molecule has 17 heavy (non-hydrogen) atoms.